The lowest BCUT2D eigenvalue weighted by molar-refractivity contribution is 0.0912. The number of nitrogens with zero attached hydrogens (tertiary/aromatic N) is 2. The van der Waals surface area contributed by atoms with Crippen LogP contribution in [0, 0.1) is 22.6 Å². The average Bonchev–Trinajstić information content (AvgIpc) is 2.98. The number of ketones is 1. The molecular weight excluding hydrogens is 355 g/mol. The van der Waals surface area contributed by atoms with Crippen molar-refractivity contribution < 1.29 is 9.18 Å². The third kappa shape index (κ3) is 3.16. The van der Waals surface area contributed by atoms with Crippen molar-refractivity contribution in [1.29, 1.82) is 5.26 Å². The van der Waals surface area contributed by atoms with Crippen molar-refractivity contribution in [3.63, 3.8) is 0 Å². The second kappa shape index (κ2) is 6.61. The molecule has 1 aromatic carbocycles. The first-order valence-corrected chi connectivity index (χ1v) is 9.03. The number of Topliss-reactive ketones (excluding diaryl/α,β-unsaturated/α-hetero) is 1. The summed E-state index contributed by atoms with van der Waals surface area (Å²) in [5, 5.41) is 12.7. The summed E-state index contributed by atoms with van der Waals surface area (Å²) >= 11 is 0. The van der Waals surface area contributed by atoms with Crippen LogP contribution in [-0.4, -0.2) is 15.8 Å². The number of rotatable bonds is 3. The van der Waals surface area contributed by atoms with Gasteiger partial charge in [0, 0.05) is 35.8 Å². The van der Waals surface area contributed by atoms with Crippen molar-refractivity contribution in [2.75, 3.05) is 5.32 Å². The predicted octanol–water partition coefficient (Wildman–Crippen LogP) is 4.99. The fraction of sp³-hybridized carbons (Fsp3) is 0.227. The maximum absolute atomic E-state index is 13.7. The van der Waals surface area contributed by atoms with Crippen molar-refractivity contribution in [1.82, 2.24) is 9.97 Å². The second-order valence-corrected chi connectivity index (χ2v) is 7.84. The smallest absolute Gasteiger partial charge is 0.167 e. The van der Waals surface area contributed by atoms with Crippen LogP contribution in [0.5, 0.6) is 0 Å². The molecule has 0 spiro atoms. The number of fused-ring (bicyclic) bond motifs is 1. The molecule has 0 aliphatic heterocycles. The summed E-state index contributed by atoms with van der Waals surface area (Å²) in [5.41, 5.74) is 4.05. The summed E-state index contributed by atoms with van der Waals surface area (Å²) in [7, 11) is 0. The highest BCUT2D eigenvalue weighted by Gasteiger charge is 2.36. The number of benzene rings is 1. The zero-order valence-electron chi connectivity index (χ0n) is 15.6. The minimum Gasteiger partial charge on any atom is -0.356 e. The van der Waals surface area contributed by atoms with Crippen molar-refractivity contribution in [3.8, 4) is 17.3 Å². The van der Waals surface area contributed by atoms with Crippen LogP contribution in [-0.2, 0) is 6.42 Å². The predicted molar refractivity (Wildman–Crippen MR) is 105 cm³/mol. The number of carbonyl (C=O) groups is 1. The molecule has 3 aromatic rings. The fourth-order valence-corrected chi connectivity index (χ4v) is 3.80. The molecule has 2 N–H and O–H groups in total. The fourth-order valence-electron chi connectivity index (χ4n) is 3.80. The van der Waals surface area contributed by atoms with Crippen LogP contribution in [0.4, 0.5) is 15.8 Å². The number of hydrogen-bond acceptors (Lipinski definition) is 4. The molecule has 0 amide bonds. The second-order valence-electron chi connectivity index (χ2n) is 7.84. The first-order valence-electron chi connectivity index (χ1n) is 9.03. The number of H-pyrrole nitrogens is 1. The molecule has 2 aromatic heterocycles. The van der Waals surface area contributed by atoms with Gasteiger partial charge in [0.2, 0.25) is 0 Å². The molecule has 0 fully saturated rings. The summed E-state index contributed by atoms with van der Waals surface area (Å²) in [6, 6.07) is 9.97. The van der Waals surface area contributed by atoms with E-state index < -0.39 is 0 Å². The van der Waals surface area contributed by atoms with Gasteiger partial charge in [-0.05, 0) is 36.1 Å². The molecule has 0 saturated heterocycles. The van der Waals surface area contributed by atoms with Gasteiger partial charge in [-0.1, -0.05) is 19.9 Å². The lowest BCUT2D eigenvalue weighted by atomic mass is 9.76. The topological polar surface area (TPSA) is 81.6 Å². The molecule has 1 aliphatic rings. The summed E-state index contributed by atoms with van der Waals surface area (Å²) < 4.78 is 13.7. The molecule has 1 aliphatic carbocycles. The van der Waals surface area contributed by atoms with Crippen molar-refractivity contribution in [3.05, 3.63) is 65.4 Å². The van der Waals surface area contributed by atoms with E-state index in [9.17, 15) is 14.4 Å². The van der Waals surface area contributed by atoms with Crippen LogP contribution in [0.2, 0.25) is 0 Å². The molecule has 0 atom stereocenters. The number of carbonyl (C=O) groups excluding carboxylic acids is 1. The van der Waals surface area contributed by atoms with E-state index in [1.54, 1.807) is 24.4 Å². The molecule has 140 valence electrons. The Morgan fingerprint density at radius 1 is 1.29 bits per heavy atom. The van der Waals surface area contributed by atoms with E-state index in [0.29, 0.717) is 46.6 Å². The third-order valence-corrected chi connectivity index (χ3v) is 4.96. The number of pyridine rings is 1. The Morgan fingerprint density at radius 3 is 2.86 bits per heavy atom. The minimum absolute atomic E-state index is 0.0280. The van der Waals surface area contributed by atoms with E-state index in [-0.39, 0.29) is 17.0 Å². The Bertz CT molecular complexity index is 1120. The highest BCUT2D eigenvalue weighted by atomic mass is 19.1. The molecule has 0 bridgehead atoms. The highest BCUT2D eigenvalue weighted by molar-refractivity contribution is 6.08. The van der Waals surface area contributed by atoms with Crippen molar-refractivity contribution >= 4 is 17.2 Å². The maximum Gasteiger partial charge on any atom is 0.167 e. The molecule has 0 radical (unpaired) electrons. The van der Waals surface area contributed by atoms with Crippen LogP contribution in [0.1, 0.15) is 41.9 Å². The van der Waals surface area contributed by atoms with Gasteiger partial charge in [-0.25, -0.2) is 4.39 Å². The lowest BCUT2D eigenvalue weighted by Gasteiger charge is -2.28. The summed E-state index contributed by atoms with van der Waals surface area (Å²) in [4.78, 5) is 20.3. The standard InChI is InChI=1S/C22H19FN4O/c1-22(2)9-17-19(18(28)10-22)21(26-15-5-3-4-14(23)8-15)20(27-17)16-6-7-25-12-13(16)11-24/h3-8,12,26-27H,9-10H2,1-2H3. The molecule has 28 heavy (non-hydrogen) atoms. The number of anilines is 2. The Kier molecular flexibility index (Phi) is 4.23. The van der Waals surface area contributed by atoms with Gasteiger partial charge in [0.05, 0.1) is 22.5 Å². The SMILES string of the molecule is CC1(C)CC(=O)c2c([nH]c(-c3ccncc3C#N)c2Nc2cccc(F)c2)C1. The van der Waals surface area contributed by atoms with Crippen LogP contribution in [0.15, 0.2) is 42.7 Å². The lowest BCUT2D eigenvalue weighted by Crippen LogP contribution is -2.26. The van der Waals surface area contributed by atoms with Gasteiger partial charge in [0.25, 0.3) is 0 Å². The molecule has 0 saturated carbocycles. The van der Waals surface area contributed by atoms with E-state index in [2.05, 4.69) is 35.2 Å². The molecule has 6 heteroatoms. The number of hydrogen-bond donors (Lipinski definition) is 2. The maximum atomic E-state index is 13.7. The quantitative estimate of drug-likeness (QED) is 0.677. The molecule has 2 heterocycles. The number of aromatic amines is 1. The summed E-state index contributed by atoms with van der Waals surface area (Å²) in [6.07, 6.45) is 4.23. The van der Waals surface area contributed by atoms with Crippen molar-refractivity contribution in [2.45, 2.75) is 26.7 Å². The number of aromatic nitrogens is 2. The van der Waals surface area contributed by atoms with E-state index >= 15 is 0 Å². The van der Waals surface area contributed by atoms with Crippen LogP contribution in [0.25, 0.3) is 11.3 Å². The van der Waals surface area contributed by atoms with Gasteiger partial charge in [-0.3, -0.25) is 9.78 Å². The summed E-state index contributed by atoms with van der Waals surface area (Å²) in [6.45, 7) is 4.11. The van der Waals surface area contributed by atoms with Crippen LogP contribution in [0.3, 0.4) is 0 Å². The normalized spacial score (nSPS) is 15.0. The van der Waals surface area contributed by atoms with E-state index in [1.807, 2.05) is 0 Å². The van der Waals surface area contributed by atoms with Crippen molar-refractivity contribution in [2.24, 2.45) is 5.41 Å². The van der Waals surface area contributed by atoms with Gasteiger partial charge in [0.1, 0.15) is 11.9 Å². The molecule has 5 nitrogen and oxygen atoms in total. The minimum atomic E-state index is -0.370. The Balaban J connectivity index is 1.93. The molecule has 4 rings (SSSR count). The van der Waals surface area contributed by atoms with Gasteiger partial charge >= 0.3 is 0 Å². The van der Waals surface area contributed by atoms with E-state index in [0.717, 1.165) is 5.69 Å². The zero-order valence-corrected chi connectivity index (χ0v) is 15.6. The van der Waals surface area contributed by atoms with Crippen LogP contribution >= 0.6 is 0 Å². The van der Waals surface area contributed by atoms with E-state index in [4.69, 9.17) is 0 Å². The van der Waals surface area contributed by atoms with Crippen LogP contribution < -0.4 is 5.32 Å². The Morgan fingerprint density at radius 2 is 2.11 bits per heavy atom. The van der Waals surface area contributed by atoms with E-state index in [1.165, 1.54) is 18.3 Å². The molecule has 0 unspecified atom stereocenters. The average molecular weight is 374 g/mol. The van der Waals surface area contributed by atoms with Gasteiger partial charge in [-0.15, -0.1) is 0 Å². The third-order valence-electron chi connectivity index (χ3n) is 4.96. The Labute approximate surface area is 162 Å². The zero-order chi connectivity index (χ0) is 19.9. The number of nitriles is 1. The first-order chi connectivity index (χ1) is 13.4. The van der Waals surface area contributed by atoms with Gasteiger partial charge < -0.3 is 10.3 Å². The number of halogens is 1. The monoisotopic (exact) mass is 374 g/mol. The molecular formula is C22H19FN4O. The summed E-state index contributed by atoms with van der Waals surface area (Å²) in [5.74, 6) is -0.342. The van der Waals surface area contributed by atoms with Gasteiger partial charge in [0.15, 0.2) is 5.78 Å². The highest BCUT2D eigenvalue weighted by Crippen LogP contribution is 2.43. The number of nitrogens with one attached hydrogen (secondary N) is 2. The first kappa shape index (κ1) is 17.9. The van der Waals surface area contributed by atoms with Gasteiger partial charge in [-0.2, -0.15) is 5.26 Å². The Hall–Kier alpha value is -3.46. The largest absolute Gasteiger partial charge is 0.356 e.